The molecule has 134 valence electrons. The largest absolute Gasteiger partial charge is 0.481 e. The third kappa shape index (κ3) is 3.65. The maximum absolute atomic E-state index is 12.8. The van der Waals surface area contributed by atoms with Crippen molar-refractivity contribution in [3.63, 3.8) is 0 Å². The lowest BCUT2D eigenvalue weighted by molar-refractivity contribution is -0.384. The second-order valence-electron chi connectivity index (χ2n) is 6.72. The zero-order valence-corrected chi connectivity index (χ0v) is 14.2. The fourth-order valence-electron chi connectivity index (χ4n) is 3.85. The van der Waals surface area contributed by atoms with Crippen molar-refractivity contribution in [2.45, 2.75) is 51.2 Å². The number of rotatable bonds is 4. The summed E-state index contributed by atoms with van der Waals surface area (Å²) in [6.07, 6.45) is 3.53. The lowest BCUT2D eigenvalue weighted by Gasteiger charge is -2.43. The minimum Gasteiger partial charge on any atom is -0.481 e. The summed E-state index contributed by atoms with van der Waals surface area (Å²) in [4.78, 5) is 37.0. The first-order valence-electron chi connectivity index (χ1n) is 8.71. The number of hydrogen-bond donors (Lipinski definition) is 0. The van der Waals surface area contributed by atoms with Gasteiger partial charge in [-0.25, -0.2) is 0 Å². The van der Waals surface area contributed by atoms with E-state index < -0.39 is 11.0 Å². The van der Waals surface area contributed by atoms with E-state index in [1.165, 1.54) is 24.3 Å². The van der Waals surface area contributed by atoms with Crippen LogP contribution in [0.4, 0.5) is 5.69 Å². The minimum atomic E-state index is -0.697. The van der Waals surface area contributed by atoms with Crippen LogP contribution in [0.1, 0.15) is 39.0 Å². The molecule has 1 amide bonds. The zero-order chi connectivity index (χ0) is 18.0. The summed E-state index contributed by atoms with van der Waals surface area (Å²) in [5.74, 6) is 0.540. The molecule has 1 aromatic rings. The summed E-state index contributed by atoms with van der Waals surface area (Å²) < 4.78 is 5.67. The second kappa shape index (κ2) is 7.21. The first kappa shape index (κ1) is 17.4. The second-order valence-corrected chi connectivity index (χ2v) is 6.72. The highest BCUT2D eigenvalue weighted by Crippen LogP contribution is 2.34. The number of Topliss-reactive ketones (excluding diaryl/α,β-unsaturated/α-hetero) is 1. The molecule has 0 spiro atoms. The van der Waals surface area contributed by atoms with Crippen LogP contribution in [0.3, 0.4) is 0 Å². The predicted molar refractivity (Wildman–Crippen MR) is 90.3 cm³/mol. The number of benzene rings is 1. The maximum Gasteiger partial charge on any atom is 0.269 e. The highest BCUT2D eigenvalue weighted by molar-refractivity contribution is 5.87. The molecule has 7 heteroatoms. The molecule has 2 aliphatic rings. The van der Waals surface area contributed by atoms with Crippen molar-refractivity contribution in [2.75, 3.05) is 6.54 Å². The molecule has 1 heterocycles. The van der Waals surface area contributed by atoms with Gasteiger partial charge in [0.1, 0.15) is 11.5 Å². The molecular formula is C18H22N2O5. The van der Waals surface area contributed by atoms with Gasteiger partial charge in [-0.15, -0.1) is 0 Å². The van der Waals surface area contributed by atoms with Gasteiger partial charge in [0, 0.05) is 37.1 Å². The molecule has 25 heavy (non-hydrogen) atoms. The standard InChI is InChI=1S/C18H22N2O5/c1-12(25-14-8-6-13(7-9-14)20(23)24)18(22)19-11-10-17(21)15-4-2-3-5-16(15)19/h6-9,12,15-16H,2-5,10-11H2,1H3/t12-,15+,16+/m1/s1. The van der Waals surface area contributed by atoms with Crippen LogP contribution in [-0.2, 0) is 9.59 Å². The van der Waals surface area contributed by atoms with Crippen molar-refractivity contribution >= 4 is 17.4 Å². The maximum atomic E-state index is 12.8. The Labute approximate surface area is 146 Å². The fraction of sp³-hybridized carbons (Fsp3) is 0.556. The summed E-state index contributed by atoms with van der Waals surface area (Å²) in [6.45, 7) is 2.13. The lowest BCUT2D eigenvalue weighted by Crippen LogP contribution is -2.56. The van der Waals surface area contributed by atoms with Crippen LogP contribution in [0, 0.1) is 16.0 Å². The van der Waals surface area contributed by atoms with Gasteiger partial charge < -0.3 is 9.64 Å². The number of carbonyl (C=O) groups is 2. The number of hydrogen-bond acceptors (Lipinski definition) is 5. The molecule has 0 radical (unpaired) electrons. The van der Waals surface area contributed by atoms with Crippen molar-refractivity contribution in [1.29, 1.82) is 0 Å². The number of fused-ring (bicyclic) bond motifs is 1. The van der Waals surface area contributed by atoms with Gasteiger partial charge in [-0.2, -0.15) is 0 Å². The van der Waals surface area contributed by atoms with Crippen LogP contribution >= 0.6 is 0 Å². The van der Waals surface area contributed by atoms with Gasteiger partial charge in [0.2, 0.25) is 0 Å². The van der Waals surface area contributed by atoms with Crippen LogP contribution in [0.2, 0.25) is 0 Å². The number of nitro benzene ring substituents is 1. The number of piperidine rings is 1. The molecule has 1 saturated heterocycles. The number of amides is 1. The van der Waals surface area contributed by atoms with E-state index in [0.29, 0.717) is 18.7 Å². The molecule has 0 bridgehead atoms. The number of carbonyl (C=O) groups excluding carboxylic acids is 2. The Bertz CT molecular complexity index is 673. The van der Waals surface area contributed by atoms with Crippen molar-refractivity contribution in [1.82, 2.24) is 4.90 Å². The van der Waals surface area contributed by atoms with Crippen LogP contribution < -0.4 is 4.74 Å². The molecule has 3 rings (SSSR count). The molecule has 1 aromatic carbocycles. The Kier molecular flexibility index (Phi) is 5.01. The molecule has 0 unspecified atom stereocenters. The molecule has 1 saturated carbocycles. The molecule has 3 atom stereocenters. The third-order valence-electron chi connectivity index (χ3n) is 5.13. The van der Waals surface area contributed by atoms with Crippen LogP contribution in [0.15, 0.2) is 24.3 Å². The Balaban J connectivity index is 1.67. The number of likely N-dealkylation sites (tertiary alicyclic amines) is 1. The SMILES string of the molecule is C[C@@H](Oc1ccc([N+](=O)[O-])cc1)C(=O)N1CCC(=O)[C@H]2CCCC[C@@H]21. The van der Waals surface area contributed by atoms with E-state index in [9.17, 15) is 19.7 Å². The van der Waals surface area contributed by atoms with Gasteiger partial charge in [-0.3, -0.25) is 19.7 Å². The van der Waals surface area contributed by atoms with Gasteiger partial charge >= 0.3 is 0 Å². The fourth-order valence-corrected chi connectivity index (χ4v) is 3.85. The normalized spacial score (nSPS) is 24.4. The van der Waals surface area contributed by atoms with Crippen molar-refractivity contribution in [3.8, 4) is 5.75 Å². The van der Waals surface area contributed by atoms with Crippen molar-refractivity contribution in [2.24, 2.45) is 5.92 Å². The Morgan fingerprint density at radius 2 is 1.96 bits per heavy atom. The first-order chi connectivity index (χ1) is 12.0. The number of ketones is 1. The molecule has 7 nitrogen and oxygen atoms in total. The Hall–Kier alpha value is -2.44. The van der Waals surface area contributed by atoms with Crippen LogP contribution in [0.25, 0.3) is 0 Å². The van der Waals surface area contributed by atoms with E-state index >= 15 is 0 Å². The molecule has 1 aliphatic carbocycles. The highest BCUT2D eigenvalue weighted by atomic mass is 16.6. The number of nitro groups is 1. The monoisotopic (exact) mass is 346 g/mol. The van der Waals surface area contributed by atoms with Gasteiger partial charge in [0.05, 0.1) is 4.92 Å². The molecule has 0 aromatic heterocycles. The third-order valence-corrected chi connectivity index (χ3v) is 5.13. The van der Waals surface area contributed by atoms with Crippen molar-refractivity contribution in [3.05, 3.63) is 34.4 Å². The predicted octanol–water partition coefficient (Wildman–Crippen LogP) is 2.72. The molecule has 2 fully saturated rings. The van der Waals surface area contributed by atoms with E-state index in [2.05, 4.69) is 0 Å². The Morgan fingerprint density at radius 1 is 1.28 bits per heavy atom. The molecule has 1 aliphatic heterocycles. The molecule has 0 N–H and O–H groups in total. The summed E-state index contributed by atoms with van der Waals surface area (Å²) in [5.41, 5.74) is -0.0223. The summed E-state index contributed by atoms with van der Waals surface area (Å²) in [7, 11) is 0. The molecular weight excluding hydrogens is 324 g/mol. The topological polar surface area (TPSA) is 89.8 Å². The van der Waals surface area contributed by atoms with Crippen LogP contribution in [-0.4, -0.2) is 40.2 Å². The van der Waals surface area contributed by atoms with E-state index in [0.717, 1.165) is 25.7 Å². The summed E-state index contributed by atoms with van der Waals surface area (Å²) >= 11 is 0. The number of ether oxygens (including phenoxy) is 1. The smallest absolute Gasteiger partial charge is 0.269 e. The lowest BCUT2D eigenvalue weighted by atomic mass is 9.77. The van der Waals surface area contributed by atoms with E-state index in [-0.39, 0.29) is 29.3 Å². The number of nitrogens with zero attached hydrogens (tertiary/aromatic N) is 2. The Morgan fingerprint density at radius 3 is 2.64 bits per heavy atom. The first-order valence-corrected chi connectivity index (χ1v) is 8.71. The summed E-state index contributed by atoms with van der Waals surface area (Å²) in [5, 5.41) is 10.7. The van der Waals surface area contributed by atoms with Gasteiger partial charge in [-0.1, -0.05) is 12.8 Å². The average Bonchev–Trinajstić information content (AvgIpc) is 2.62. The van der Waals surface area contributed by atoms with Gasteiger partial charge in [0.25, 0.3) is 11.6 Å². The van der Waals surface area contributed by atoms with Crippen molar-refractivity contribution < 1.29 is 19.2 Å². The zero-order valence-electron chi connectivity index (χ0n) is 14.2. The van der Waals surface area contributed by atoms with Gasteiger partial charge in [0.15, 0.2) is 6.10 Å². The minimum absolute atomic E-state index is 0.00888. The van der Waals surface area contributed by atoms with Crippen LogP contribution in [0.5, 0.6) is 5.75 Å². The average molecular weight is 346 g/mol. The quantitative estimate of drug-likeness (QED) is 0.618. The highest BCUT2D eigenvalue weighted by Gasteiger charge is 2.41. The summed E-state index contributed by atoms with van der Waals surface area (Å²) in [6, 6.07) is 5.67. The number of non-ortho nitro benzene ring substituents is 1. The van der Waals surface area contributed by atoms with E-state index in [4.69, 9.17) is 4.74 Å². The van der Waals surface area contributed by atoms with E-state index in [1.54, 1.807) is 11.8 Å². The van der Waals surface area contributed by atoms with E-state index in [1.807, 2.05) is 0 Å². The van der Waals surface area contributed by atoms with Gasteiger partial charge in [-0.05, 0) is 31.9 Å².